The van der Waals surface area contributed by atoms with Crippen LogP contribution in [0.25, 0.3) is 34.7 Å². The average Bonchev–Trinajstić information content (AvgIpc) is 3.76. The van der Waals surface area contributed by atoms with Crippen LogP contribution in [0.3, 0.4) is 0 Å². The molecule has 0 N–H and O–H groups in total. The summed E-state index contributed by atoms with van der Waals surface area (Å²) < 4.78 is 3.46. The summed E-state index contributed by atoms with van der Waals surface area (Å²) in [4.78, 5) is 2.86. The van der Waals surface area contributed by atoms with E-state index in [1.807, 2.05) is 18.2 Å². The number of hydrogen-bond donors (Lipinski definition) is 0. The van der Waals surface area contributed by atoms with Gasteiger partial charge < -0.3 is 0 Å². The second kappa shape index (κ2) is 11.3. The smallest absolute Gasteiger partial charge is 0.0378 e. The third-order valence-corrected chi connectivity index (χ3v) is 9.75. The summed E-state index contributed by atoms with van der Waals surface area (Å²) in [6.45, 7) is 0. The molecule has 0 aliphatic heterocycles. The Morgan fingerprint density at radius 3 is 1.17 bits per heavy atom. The highest BCUT2D eigenvalue weighted by molar-refractivity contribution is 9.11. The van der Waals surface area contributed by atoms with E-state index < -0.39 is 0 Å². The first-order valence-corrected chi connectivity index (χ1v) is 16.2. The van der Waals surface area contributed by atoms with Crippen molar-refractivity contribution in [1.29, 1.82) is 0 Å². The fraction of sp³-hybridized carbons (Fsp3) is 0.111. The second-order valence-corrected chi connectivity index (χ2v) is 13.7. The molecular weight excluding hydrogens is 714 g/mol. The number of allylic oxidation sites excluding steroid dienone is 4. The van der Waals surface area contributed by atoms with E-state index in [1.165, 1.54) is 75.7 Å². The van der Waals surface area contributed by atoms with Crippen molar-refractivity contribution in [2.45, 2.75) is 25.7 Å². The van der Waals surface area contributed by atoms with E-state index >= 15 is 0 Å². The molecule has 204 valence electrons. The molecule has 6 heteroatoms. The first-order chi connectivity index (χ1) is 20.4. The van der Waals surface area contributed by atoms with Gasteiger partial charge in [-0.3, -0.25) is 0 Å². The first kappa shape index (κ1) is 27.4. The summed E-state index contributed by atoms with van der Waals surface area (Å²) >= 11 is 10.7. The van der Waals surface area contributed by atoms with E-state index in [-0.39, 0.29) is 0 Å². The molecule has 3 nitrogen and oxygen atoms in total. The summed E-state index contributed by atoms with van der Waals surface area (Å²) in [5, 5.41) is 3.69. The highest BCUT2D eigenvalue weighted by atomic mass is 79.9. The molecular formula is C36H24Br3N3. The van der Waals surface area contributed by atoms with Crippen LogP contribution in [0.2, 0.25) is 0 Å². The van der Waals surface area contributed by atoms with Gasteiger partial charge in [0.15, 0.2) is 0 Å². The van der Waals surface area contributed by atoms with Crippen LogP contribution in [0.4, 0.5) is 5.69 Å². The molecule has 4 aromatic carbocycles. The number of hydrogen-bond acceptors (Lipinski definition) is 1. The van der Waals surface area contributed by atoms with Crippen LogP contribution in [0.15, 0.2) is 114 Å². The molecule has 0 bridgehead atoms. The summed E-state index contributed by atoms with van der Waals surface area (Å²) in [7, 11) is 0. The molecule has 42 heavy (non-hydrogen) atoms. The maximum atomic E-state index is 8.55. The molecule has 4 aromatic rings. The van der Waals surface area contributed by atoms with Crippen molar-refractivity contribution in [3.05, 3.63) is 163 Å². The van der Waals surface area contributed by atoms with E-state index in [9.17, 15) is 0 Å². The number of azide groups is 1. The lowest BCUT2D eigenvalue weighted by molar-refractivity contribution is 1.13. The van der Waals surface area contributed by atoms with Gasteiger partial charge in [0.2, 0.25) is 0 Å². The predicted molar refractivity (Wildman–Crippen MR) is 184 cm³/mol. The maximum absolute atomic E-state index is 8.55. The van der Waals surface area contributed by atoms with Gasteiger partial charge in [-0.25, -0.2) is 0 Å². The molecule has 0 saturated heterocycles. The summed E-state index contributed by atoms with van der Waals surface area (Å²) in [6, 6.07) is 25.4. The maximum Gasteiger partial charge on any atom is 0.0378 e. The molecule has 0 spiro atoms. The Balaban J connectivity index is 0.000000138. The van der Waals surface area contributed by atoms with E-state index in [0.717, 1.165) is 30.2 Å². The third kappa shape index (κ3) is 5.52. The van der Waals surface area contributed by atoms with Crippen LogP contribution in [0.5, 0.6) is 0 Å². The molecule has 0 radical (unpaired) electrons. The molecule has 4 aliphatic carbocycles. The molecule has 0 saturated carbocycles. The number of halogens is 3. The molecule has 0 fully saturated rings. The molecule has 4 aliphatic rings. The zero-order valence-corrected chi connectivity index (χ0v) is 27.3. The van der Waals surface area contributed by atoms with Gasteiger partial charge in [-0.15, -0.1) is 0 Å². The topological polar surface area (TPSA) is 48.8 Å². The Bertz CT molecular complexity index is 1910. The largest absolute Gasteiger partial charge is 0.0608 e. The molecule has 0 amide bonds. The fourth-order valence-corrected chi connectivity index (χ4v) is 7.43. The minimum atomic E-state index is 0.684. The van der Waals surface area contributed by atoms with E-state index in [2.05, 4.69) is 137 Å². The average molecular weight is 738 g/mol. The van der Waals surface area contributed by atoms with Gasteiger partial charge in [-0.05, 0) is 140 Å². The van der Waals surface area contributed by atoms with Crippen molar-refractivity contribution in [3.63, 3.8) is 0 Å². The van der Waals surface area contributed by atoms with Crippen molar-refractivity contribution >= 4 is 77.8 Å². The normalized spacial score (nSPS) is 15.2. The van der Waals surface area contributed by atoms with E-state index in [1.54, 1.807) is 0 Å². The van der Waals surface area contributed by atoms with Gasteiger partial charge in [0.05, 0.1) is 0 Å². The fourth-order valence-electron chi connectivity index (χ4n) is 6.21. The van der Waals surface area contributed by atoms with Crippen LogP contribution >= 0.6 is 47.8 Å². The van der Waals surface area contributed by atoms with Crippen LogP contribution in [-0.2, 0) is 25.7 Å². The van der Waals surface area contributed by atoms with Crippen molar-refractivity contribution < 1.29 is 0 Å². The number of rotatable bonds is 3. The lowest BCUT2D eigenvalue weighted by Gasteiger charge is -2.03. The van der Waals surface area contributed by atoms with Crippen molar-refractivity contribution in [1.82, 2.24) is 0 Å². The van der Waals surface area contributed by atoms with Gasteiger partial charge in [-0.1, -0.05) is 108 Å². The Labute approximate surface area is 270 Å². The van der Waals surface area contributed by atoms with Gasteiger partial charge in [0.25, 0.3) is 0 Å². The summed E-state index contributed by atoms with van der Waals surface area (Å²) in [6.07, 6.45) is 13.2. The number of fused-ring (bicyclic) bond motifs is 4. The molecule has 0 heterocycles. The number of nitrogens with zero attached hydrogens (tertiary/aromatic N) is 3. The standard InChI is InChI=1S/C18H12Br2.C18H12BrN3/c19-17-3-1-11-5-13(7-15(11)9-17)14-6-12-2-4-18(20)10-16(12)8-14;19-17-3-1-11-5-13(7-15(11)9-17)14-6-12-2-4-18(21-22-20)10-16(12)8-14/h1-6,9-10H,7-8H2;1-6,9-10H,7-8H2. The van der Waals surface area contributed by atoms with E-state index in [4.69, 9.17) is 5.53 Å². The predicted octanol–water partition coefficient (Wildman–Crippen LogP) is 11.8. The van der Waals surface area contributed by atoms with Crippen LogP contribution in [0, 0.1) is 0 Å². The Morgan fingerprint density at radius 2 is 0.810 bits per heavy atom. The highest BCUT2D eigenvalue weighted by Gasteiger charge is 2.22. The quantitative estimate of drug-likeness (QED) is 0.114. The first-order valence-electron chi connectivity index (χ1n) is 13.8. The van der Waals surface area contributed by atoms with Crippen molar-refractivity contribution in [3.8, 4) is 0 Å². The van der Waals surface area contributed by atoms with Gasteiger partial charge in [0.1, 0.15) is 0 Å². The second-order valence-electron chi connectivity index (χ2n) is 11.0. The van der Waals surface area contributed by atoms with Crippen LogP contribution < -0.4 is 0 Å². The van der Waals surface area contributed by atoms with Crippen molar-refractivity contribution in [2.24, 2.45) is 5.11 Å². The van der Waals surface area contributed by atoms with Crippen LogP contribution in [0.1, 0.15) is 44.5 Å². The van der Waals surface area contributed by atoms with Crippen LogP contribution in [-0.4, -0.2) is 0 Å². The summed E-state index contributed by atoms with van der Waals surface area (Å²) in [5.41, 5.74) is 25.6. The lowest BCUT2D eigenvalue weighted by Crippen LogP contribution is -1.91. The molecule has 8 rings (SSSR count). The van der Waals surface area contributed by atoms with E-state index in [0.29, 0.717) is 5.69 Å². The zero-order valence-electron chi connectivity index (χ0n) is 22.5. The Kier molecular flexibility index (Phi) is 7.41. The summed E-state index contributed by atoms with van der Waals surface area (Å²) in [5.74, 6) is 0. The Morgan fingerprint density at radius 1 is 0.476 bits per heavy atom. The van der Waals surface area contributed by atoms with Gasteiger partial charge in [0, 0.05) is 24.0 Å². The lowest BCUT2D eigenvalue weighted by atomic mass is 10.0. The zero-order chi connectivity index (χ0) is 28.8. The van der Waals surface area contributed by atoms with Gasteiger partial charge >= 0.3 is 0 Å². The molecule has 0 atom stereocenters. The SMILES string of the molecule is Brc1ccc2c(c1)CC(C1=Cc3ccc(Br)cc3C1)=C2.[N-]=[N+]=Nc1ccc2c(c1)CC(C1=Cc3ccc(Br)cc3C1)=C2. The molecule has 0 unspecified atom stereocenters. The highest BCUT2D eigenvalue weighted by Crippen LogP contribution is 2.39. The Hall–Kier alpha value is -3.41. The monoisotopic (exact) mass is 735 g/mol. The minimum absolute atomic E-state index is 0.684. The number of benzene rings is 4. The third-order valence-electron chi connectivity index (χ3n) is 8.27. The van der Waals surface area contributed by atoms with Crippen molar-refractivity contribution in [2.75, 3.05) is 0 Å². The molecule has 0 aromatic heterocycles. The minimum Gasteiger partial charge on any atom is -0.0608 e. The van der Waals surface area contributed by atoms with Gasteiger partial charge in [-0.2, -0.15) is 0 Å².